The second kappa shape index (κ2) is 19.3. The van der Waals surface area contributed by atoms with Crippen LogP contribution in [-0.4, -0.2) is 104 Å². The maximum absolute atomic E-state index is 13.8. The maximum atomic E-state index is 13.8. The molecular formula is C36H38N8O13S. The molecule has 0 radical (unpaired) electrons. The van der Waals surface area contributed by atoms with E-state index in [1.165, 1.54) is 82.6 Å². The zero-order chi connectivity index (χ0) is 41.9. The standard InChI is InChI=1S/C36H38N8O13S/c1-39(17-26-14-15-40(18-26)32(45)31-16-30(58)19-41(31)36(48)57-22-25-6-12-29(13-7-25)44(53)54)33(37-34(46)55-20-23-2-8-27(9-3-23)42(49)50)38-35(47)56-21-24-4-10-28(11-5-24)43(51)52/h2-13,26,30-31,58H,14-22H2,1H3,(H,37,38,46,47)/t26-,30+,31+/m1/s1. The second-order valence-corrected chi connectivity index (χ2v) is 14.1. The minimum absolute atomic E-state index is 0.105. The minimum atomic E-state index is -1.10. The lowest BCUT2D eigenvalue weighted by Crippen LogP contribution is -2.48. The molecule has 2 fully saturated rings. The van der Waals surface area contributed by atoms with Gasteiger partial charge in [-0.25, -0.2) is 14.4 Å². The zero-order valence-electron chi connectivity index (χ0n) is 30.9. The first-order valence-corrected chi connectivity index (χ1v) is 18.2. The molecule has 0 aromatic heterocycles. The first-order valence-electron chi connectivity index (χ1n) is 17.7. The summed E-state index contributed by atoms with van der Waals surface area (Å²) in [6.45, 7) is 0.290. The van der Waals surface area contributed by atoms with Crippen LogP contribution < -0.4 is 5.32 Å². The van der Waals surface area contributed by atoms with Crippen molar-refractivity contribution in [2.24, 2.45) is 10.9 Å². The van der Waals surface area contributed by atoms with E-state index in [2.05, 4.69) is 22.9 Å². The molecule has 0 aliphatic carbocycles. The van der Waals surface area contributed by atoms with Crippen LogP contribution in [0, 0.1) is 36.3 Å². The van der Waals surface area contributed by atoms with Gasteiger partial charge in [-0.1, -0.05) is 0 Å². The van der Waals surface area contributed by atoms with Crippen LogP contribution in [0.1, 0.15) is 29.5 Å². The average Bonchev–Trinajstić information content (AvgIpc) is 3.84. The zero-order valence-corrected chi connectivity index (χ0v) is 31.8. The fraction of sp³-hybridized carbons (Fsp3) is 0.361. The number of nitrogens with zero attached hydrogens (tertiary/aromatic N) is 7. The van der Waals surface area contributed by atoms with E-state index in [1.807, 2.05) is 0 Å². The molecule has 3 aromatic carbocycles. The SMILES string of the molecule is CN(C[C@H]1CCN(C(=O)[C@@H]2C[C@H](S)CN2C(=O)OCc2ccc([N+](=O)[O-])cc2)C1)/C(=N\C(=O)OCc1ccc([N+](=O)[O-])cc1)NC(=O)OCc1ccc([N+](=O)[O-])cc1. The van der Waals surface area contributed by atoms with Crippen molar-refractivity contribution in [2.75, 3.05) is 33.2 Å². The smallest absolute Gasteiger partial charge is 0.437 e. The van der Waals surface area contributed by atoms with E-state index in [4.69, 9.17) is 14.2 Å². The summed E-state index contributed by atoms with van der Waals surface area (Å²) in [5, 5.41) is 35.0. The Bertz CT molecular complexity index is 2050. The Kier molecular flexibility index (Phi) is 14.1. The monoisotopic (exact) mass is 822 g/mol. The van der Waals surface area contributed by atoms with Gasteiger partial charge in [-0.15, -0.1) is 4.99 Å². The Morgan fingerprint density at radius 3 is 1.76 bits per heavy atom. The van der Waals surface area contributed by atoms with Gasteiger partial charge < -0.3 is 24.0 Å². The first kappa shape index (κ1) is 42.3. The van der Waals surface area contributed by atoms with Gasteiger partial charge in [-0.3, -0.25) is 45.4 Å². The summed E-state index contributed by atoms with van der Waals surface area (Å²) >= 11 is 4.51. The summed E-state index contributed by atoms with van der Waals surface area (Å²) in [4.78, 5) is 92.1. The number of amides is 4. The van der Waals surface area contributed by atoms with E-state index < -0.39 is 39.1 Å². The van der Waals surface area contributed by atoms with Crippen LogP contribution >= 0.6 is 12.6 Å². The van der Waals surface area contributed by atoms with Gasteiger partial charge in [-0.05, 0) is 71.8 Å². The lowest BCUT2D eigenvalue weighted by Gasteiger charge is -2.28. The fourth-order valence-electron chi connectivity index (χ4n) is 6.23. The molecule has 3 atom stereocenters. The number of hydrogen-bond acceptors (Lipinski definition) is 14. The molecule has 0 unspecified atom stereocenters. The fourth-order valence-corrected chi connectivity index (χ4v) is 6.61. The Hall–Kier alpha value is -6.84. The molecular weight excluding hydrogens is 785 g/mol. The number of thiol groups is 1. The number of alkyl carbamates (subject to hydrolysis) is 1. The number of nitro benzene ring substituents is 3. The third-order valence-corrected chi connectivity index (χ3v) is 9.61. The molecule has 22 heteroatoms. The van der Waals surface area contributed by atoms with E-state index in [9.17, 15) is 49.5 Å². The van der Waals surface area contributed by atoms with Crippen LogP contribution in [0.15, 0.2) is 77.8 Å². The molecule has 2 aliphatic rings. The van der Waals surface area contributed by atoms with Gasteiger partial charge in [0.25, 0.3) is 17.1 Å². The Balaban J connectivity index is 1.20. The quantitative estimate of drug-likeness (QED) is 0.0620. The lowest BCUT2D eigenvalue weighted by molar-refractivity contribution is -0.385. The van der Waals surface area contributed by atoms with Crippen molar-refractivity contribution in [3.63, 3.8) is 0 Å². The van der Waals surface area contributed by atoms with Gasteiger partial charge in [0.1, 0.15) is 25.9 Å². The normalized spacial score (nSPS) is 17.6. The molecule has 306 valence electrons. The number of aliphatic imine (C=N–C) groups is 1. The number of hydrogen-bond donors (Lipinski definition) is 2. The maximum Gasteiger partial charge on any atom is 0.437 e. The number of benzene rings is 3. The molecule has 1 N–H and O–H groups in total. The van der Waals surface area contributed by atoms with Crippen molar-refractivity contribution in [2.45, 2.75) is 44.0 Å². The average molecular weight is 823 g/mol. The molecule has 0 saturated carbocycles. The molecule has 0 bridgehead atoms. The van der Waals surface area contributed by atoms with Crippen LogP contribution in [0.4, 0.5) is 31.4 Å². The first-order chi connectivity index (χ1) is 27.7. The number of carbonyl (C=O) groups excluding carboxylic acids is 4. The Morgan fingerprint density at radius 1 is 0.776 bits per heavy atom. The molecule has 4 amide bonds. The predicted octanol–water partition coefficient (Wildman–Crippen LogP) is 4.82. The molecule has 21 nitrogen and oxygen atoms in total. The van der Waals surface area contributed by atoms with Crippen LogP contribution in [-0.2, 0) is 38.8 Å². The Morgan fingerprint density at radius 2 is 1.26 bits per heavy atom. The molecule has 58 heavy (non-hydrogen) atoms. The highest BCUT2D eigenvalue weighted by atomic mass is 32.1. The molecule has 3 aromatic rings. The number of nitro groups is 3. The number of ether oxygens (including phenoxy) is 3. The van der Waals surface area contributed by atoms with Crippen LogP contribution in [0.25, 0.3) is 0 Å². The van der Waals surface area contributed by atoms with Crippen LogP contribution in [0.5, 0.6) is 0 Å². The summed E-state index contributed by atoms with van der Waals surface area (Å²) in [5.74, 6) is -0.725. The summed E-state index contributed by atoms with van der Waals surface area (Å²) in [6.07, 6.45) is -2.00. The minimum Gasteiger partial charge on any atom is -0.445 e. The highest BCUT2D eigenvalue weighted by Crippen LogP contribution is 2.28. The summed E-state index contributed by atoms with van der Waals surface area (Å²) in [7, 11) is 1.55. The summed E-state index contributed by atoms with van der Waals surface area (Å²) in [5.41, 5.74) is 1.03. The summed E-state index contributed by atoms with van der Waals surface area (Å²) in [6, 6.07) is 15.4. The summed E-state index contributed by atoms with van der Waals surface area (Å²) < 4.78 is 15.9. The van der Waals surface area contributed by atoms with E-state index in [-0.39, 0.29) is 79.6 Å². The lowest BCUT2D eigenvalue weighted by atomic mass is 10.1. The third kappa shape index (κ3) is 11.6. The largest absolute Gasteiger partial charge is 0.445 e. The molecule has 5 rings (SSSR count). The van der Waals surface area contributed by atoms with Gasteiger partial charge in [0.15, 0.2) is 0 Å². The van der Waals surface area contributed by atoms with Crippen LogP contribution in [0.3, 0.4) is 0 Å². The van der Waals surface area contributed by atoms with Gasteiger partial charge >= 0.3 is 18.3 Å². The third-order valence-electron chi connectivity index (χ3n) is 9.24. The molecule has 0 spiro atoms. The van der Waals surface area contributed by atoms with Gasteiger partial charge in [0, 0.05) is 74.9 Å². The second-order valence-electron chi connectivity index (χ2n) is 13.4. The number of rotatable bonds is 12. The number of likely N-dealkylation sites (tertiary alicyclic amines) is 2. The van der Waals surface area contributed by atoms with E-state index >= 15 is 0 Å². The van der Waals surface area contributed by atoms with Crippen molar-refractivity contribution < 1.29 is 48.2 Å². The number of guanidine groups is 1. The topological polar surface area (TPSA) is 259 Å². The predicted molar refractivity (Wildman–Crippen MR) is 206 cm³/mol. The molecule has 2 saturated heterocycles. The van der Waals surface area contributed by atoms with Crippen molar-refractivity contribution >= 4 is 59.8 Å². The van der Waals surface area contributed by atoms with Crippen molar-refractivity contribution in [1.82, 2.24) is 20.0 Å². The molecule has 2 heterocycles. The van der Waals surface area contributed by atoms with Gasteiger partial charge in [-0.2, -0.15) is 12.6 Å². The number of nitrogens with one attached hydrogen (secondary N) is 1. The highest BCUT2D eigenvalue weighted by Gasteiger charge is 2.42. The van der Waals surface area contributed by atoms with Gasteiger partial charge in [0.2, 0.25) is 11.9 Å². The number of non-ortho nitro benzene ring substituents is 3. The van der Waals surface area contributed by atoms with Crippen molar-refractivity contribution in [3.8, 4) is 0 Å². The van der Waals surface area contributed by atoms with Crippen LogP contribution in [0.2, 0.25) is 0 Å². The van der Waals surface area contributed by atoms with E-state index in [0.29, 0.717) is 36.1 Å². The van der Waals surface area contributed by atoms with Gasteiger partial charge in [0.05, 0.1) is 14.8 Å². The Labute approximate surface area is 335 Å². The van der Waals surface area contributed by atoms with E-state index in [0.717, 1.165) is 0 Å². The van der Waals surface area contributed by atoms with E-state index in [1.54, 1.807) is 11.9 Å². The number of carbonyl (C=O) groups is 4. The highest BCUT2D eigenvalue weighted by molar-refractivity contribution is 7.81. The molecule has 2 aliphatic heterocycles. The van der Waals surface area contributed by atoms with Crippen molar-refractivity contribution in [3.05, 3.63) is 120 Å². The van der Waals surface area contributed by atoms with Crippen molar-refractivity contribution in [1.29, 1.82) is 0 Å².